The maximum atomic E-state index is 12.9. The standard InChI is InChI=1S/C14H15ClFN2/c1-17(2)13-5-7-18(8-6-13)10-11-3-4-12(16)9-14(11)15/h3-9H,10H2,1-2H3/q+1. The second kappa shape index (κ2) is 5.36. The summed E-state index contributed by atoms with van der Waals surface area (Å²) in [6.45, 7) is 0.632. The predicted octanol–water partition coefficient (Wildman–Crippen LogP) is 2.88. The van der Waals surface area contributed by atoms with Crippen molar-refractivity contribution in [2.75, 3.05) is 19.0 Å². The average molecular weight is 266 g/mol. The minimum atomic E-state index is -0.309. The third-order valence-electron chi connectivity index (χ3n) is 2.76. The second-order valence-electron chi connectivity index (χ2n) is 4.36. The molecule has 18 heavy (non-hydrogen) atoms. The van der Waals surface area contributed by atoms with E-state index in [0.717, 1.165) is 11.3 Å². The highest BCUT2D eigenvalue weighted by molar-refractivity contribution is 6.31. The lowest BCUT2D eigenvalue weighted by Crippen LogP contribution is -2.33. The Balaban J connectivity index is 2.18. The molecule has 0 saturated heterocycles. The molecule has 0 fully saturated rings. The van der Waals surface area contributed by atoms with Crippen LogP contribution in [0, 0.1) is 5.82 Å². The van der Waals surface area contributed by atoms with Crippen molar-refractivity contribution in [3.05, 3.63) is 59.1 Å². The zero-order valence-corrected chi connectivity index (χ0v) is 11.2. The molecule has 0 amide bonds. The van der Waals surface area contributed by atoms with Gasteiger partial charge in [0.15, 0.2) is 18.9 Å². The highest BCUT2D eigenvalue weighted by Crippen LogP contribution is 2.17. The normalized spacial score (nSPS) is 10.4. The molecule has 0 atom stereocenters. The van der Waals surface area contributed by atoms with Crippen molar-refractivity contribution >= 4 is 17.3 Å². The lowest BCUT2D eigenvalue weighted by atomic mass is 10.2. The largest absolute Gasteiger partial charge is 0.377 e. The van der Waals surface area contributed by atoms with E-state index in [9.17, 15) is 4.39 Å². The molecule has 0 spiro atoms. The molecule has 94 valence electrons. The van der Waals surface area contributed by atoms with Crippen LogP contribution < -0.4 is 9.47 Å². The summed E-state index contributed by atoms with van der Waals surface area (Å²) in [7, 11) is 3.99. The number of anilines is 1. The van der Waals surface area contributed by atoms with Crippen LogP contribution in [0.2, 0.25) is 5.02 Å². The van der Waals surface area contributed by atoms with E-state index in [1.807, 2.05) is 48.1 Å². The van der Waals surface area contributed by atoms with Crippen LogP contribution in [0.4, 0.5) is 10.1 Å². The van der Waals surface area contributed by atoms with Gasteiger partial charge in [0.05, 0.1) is 5.02 Å². The van der Waals surface area contributed by atoms with Gasteiger partial charge >= 0.3 is 0 Å². The van der Waals surface area contributed by atoms with E-state index >= 15 is 0 Å². The Kier molecular flexibility index (Phi) is 3.82. The molecule has 0 N–H and O–H groups in total. The summed E-state index contributed by atoms with van der Waals surface area (Å²) in [5.74, 6) is -0.309. The van der Waals surface area contributed by atoms with Gasteiger partial charge in [0.1, 0.15) is 5.82 Å². The van der Waals surface area contributed by atoms with Gasteiger partial charge in [0.25, 0.3) is 0 Å². The zero-order chi connectivity index (χ0) is 13.1. The fraction of sp³-hybridized carbons (Fsp3) is 0.214. The van der Waals surface area contributed by atoms with Crippen molar-refractivity contribution in [3.8, 4) is 0 Å². The highest BCUT2D eigenvalue weighted by Gasteiger charge is 2.08. The molecule has 2 rings (SSSR count). The summed E-state index contributed by atoms with van der Waals surface area (Å²) in [5, 5.41) is 0.458. The summed E-state index contributed by atoms with van der Waals surface area (Å²) < 4.78 is 14.9. The molecule has 0 radical (unpaired) electrons. The first-order valence-electron chi connectivity index (χ1n) is 5.66. The van der Waals surface area contributed by atoms with Crippen LogP contribution in [0.1, 0.15) is 5.56 Å². The Morgan fingerprint density at radius 2 is 1.83 bits per heavy atom. The van der Waals surface area contributed by atoms with Gasteiger partial charge in [-0.05, 0) is 18.2 Å². The summed E-state index contributed by atoms with van der Waals surface area (Å²) in [5.41, 5.74) is 2.04. The topological polar surface area (TPSA) is 7.12 Å². The molecule has 1 aromatic heterocycles. The molecule has 1 heterocycles. The molecule has 0 bridgehead atoms. The first-order valence-corrected chi connectivity index (χ1v) is 6.04. The summed E-state index contributed by atoms with van der Waals surface area (Å²) >= 11 is 6.00. The van der Waals surface area contributed by atoms with Gasteiger partial charge in [0, 0.05) is 37.5 Å². The Morgan fingerprint density at radius 1 is 1.17 bits per heavy atom. The van der Waals surface area contributed by atoms with Gasteiger partial charge in [-0.1, -0.05) is 11.6 Å². The van der Waals surface area contributed by atoms with Gasteiger partial charge in [0.2, 0.25) is 0 Å². The number of pyridine rings is 1. The fourth-order valence-electron chi connectivity index (χ4n) is 1.70. The van der Waals surface area contributed by atoms with E-state index < -0.39 is 0 Å². The maximum Gasteiger partial charge on any atom is 0.175 e. The number of hydrogen-bond acceptors (Lipinski definition) is 1. The average Bonchev–Trinajstić information content (AvgIpc) is 2.33. The van der Waals surface area contributed by atoms with Gasteiger partial charge in [-0.3, -0.25) is 0 Å². The molecule has 2 nitrogen and oxygen atoms in total. The van der Waals surface area contributed by atoms with Crippen molar-refractivity contribution in [3.63, 3.8) is 0 Å². The molecular formula is C14H15ClFN2+. The van der Waals surface area contributed by atoms with Crippen LogP contribution in [-0.4, -0.2) is 14.1 Å². The number of benzene rings is 1. The lowest BCUT2D eigenvalue weighted by molar-refractivity contribution is -0.688. The first kappa shape index (κ1) is 12.8. The number of hydrogen-bond donors (Lipinski definition) is 0. The number of rotatable bonds is 3. The van der Waals surface area contributed by atoms with E-state index in [-0.39, 0.29) is 5.82 Å². The van der Waals surface area contributed by atoms with E-state index in [1.54, 1.807) is 6.07 Å². The molecular weight excluding hydrogens is 251 g/mol. The Morgan fingerprint density at radius 3 is 2.39 bits per heavy atom. The van der Waals surface area contributed by atoms with Crippen LogP contribution in [0.25, 0.3) is 0 Å². The highest BCUT2D eigenvalue weighted by atomic mass is 35.5. The Hall–Kier alpha value is -1.61. The van der Waals surface area contributed by atoms with Crippen LogP contribution in [0.5, 0.6) is 0 Å². The van der Waals surface area contributed by atoms with Gasteiger partial charge in [-0.15, -0.1) is 0 Å². The third-order valence-corrected chi connectivity index (χ3v) is 3.11. The predicted molar refractivity (Wildman–Crippen MR) is 71.5 cm³/mol. The second-order valence-corrected chi connectivity index (χ2v) is 4.77. The maximum absolute atomic E-state index is 12.9. The third kappa shape index (κ3) is 2.99. The van der Waals surface area contributed by atoms with Crippen LogP contribution in [0.15, 0.2) is 42.7 Å². The van der Waals surface area contributed by atoms with Crippen molar-refractivity contribution in [2.45, 2.75) is 6.54 Å². The summed E-state index contributed by atoms with van der Waals surface area (Å²) in [4.78, 5) is 2.04. The quantitative estimate of drug-likeness (QED) is 0.774. The van der Waals surface area contributed by atoms with E-state index in [2.05, 4.69) is 0 Å². The first-order chi connectivity index (χ1) is 8.56. The van der Waals surface area contributed by atoms with Crippen LogP contribution in [-0.2, 0) is 6.54 Å². The van der Waals surface area contributed by atoms with Crippen molar-refractivity contribution in [2.24, 2.45) is 0 Å². The van der Waals surface area contributed by atoms with Crippen LogP contribution in [0.3, 0.4) is 0 Å². The van der Waals surface area contributed by atoms with Crippen molar-refractivity contribution < 1.29 is 8.96 Å². The molecule has 2 aromatic rings. The smallest absolute Gasteiger partial charge is 0.175 e. The fourth-order valence-corrected chi connectivity index (χ4v) is 1.93. The van der Waals surface area contributed by atoms with Crippen molar-refractivity contribution in [1.82, 2.24) is 0 Å². The van der Waals surface area contributed by atoms with Gasteiger partial charge in [-0.2, -0.15) is 0 Å². The molecule has 4 heteroatoms. The van der Waals surface area contributed by atoms with Crippen molar-refractivity contribution in [1.29, 1.82) is 0 Å². The lowest BCUT2D eigenvalue weighted by Gasteiger charge is -2.10. The molecule has 0 aliphatic carbocycles. The summed E-state index contributed by atoms with van der Waals surface area (Å²) in [6, 6.07) is 8.53. The van der Waals surface area contributed by atoms with E-state index in [4.69, 9.17) is 11.6 Å². The number of halogens is 2. The molecule has 1 aromatic carbocycles. The molecule has 0 aliphatic rings. The molecule has 0 saturated carbocycles. The number of nitrogens with zero attached hydrogens (tertiary/aromatic N) is 2. The minimum absolute atomic E-state index is 0.309. The van der Waals surface area contributed by atoms with E-state index in [0.29, 0.717) is 11.6 Å². The molecule has 0 aliphatic heterocycles. The minimum Gasteiger partial charge on any atom is -0.377 e. The summed E-state index contributed by atoms with van der Waals surface area (Å²) in [6.07, 6.45) is 3.96. The van der Waals surface area contributed by atoms with Gasteiger partial charge in [-0.25, -0.2) is 8.96 Å². The SMILES string of the molecule is CN(C)c1cc[n+](Cc2ccc(F)cc2Cl)cc1. The number of aromatic nitrogens is 1. The van der Waals surface area contributed by atoms with E-state index in [1.165, 1.54) is 12.1 Å². The van der Waals surface area contributed by atoms with Crippen LogP contribution >= 0.6 is 11.6 Å². The monoisotopic (exact) mass is 265 g/mol. The molecule has 0 unspecified atom stereocenters. The zero-order valence-electron chi connectivity index (χ0n) is 10.4. The Bertz CT molecular complexity index is 538. The van der Waals surface area contributed by atoms with Gasteiger partial charge < -0.3 is 4.90 Å². The Labute approximate surface area is 111 Å².